The second-order valence-corrected chi connectivity index (χ2v) is 10.2. The van der Waals surface area contributed by atoms with Crippen LogP contribution in [0.25, 0.3) is 0 Å². The van der Waals surface area contributed by atoms with Crippen LogP contribution in [0.3, 0.4) is 0 Å². The molecule has 0 bridgehead atoms. The minimum absolute atomic E-state index is 0.0640. The number of anilines is 1. The van der Waals surface area contributed by atoms with E-state index in [0.717, 1.165) is 18.5 Å². The third-order valence-electron chi connectivity index (χ3n) is 6.24. The SMILES string of the molecule is O=C(CN1CCN(S(=O)(=O)c2ccc3c(c2)OCCCO3)CC1)N1CCc2ccccc21. The van der Waals surface area contributed by atoms with Crippen molar-refractivity contribution in [2.45, 2.75) is 17.7 Å². The third-order valence-corrected chi connectivity index (χ3v) is 8.13. The molecule has 0 aliphatic carbocycles. The molecule has 5 rings (SSSR count). The number of piperazine rings is 1. The van der Waals surface area contributed by atoms with Gasteiger partial charge in [0, 0.05) is 50.9 Å². The molecule has 170 valence electrons. The predicted octanol–water partition coefficient (Wildman–Crippen LogP) is 1.74. The number of carbonyl (C=O) groups excluding carboxylic acids is 1. The summed E-state index contributed by atoms with van der Waals surface area (Å²) in [6, 6.07) is 12.8. The van der Waals surface area contributed by atoms with Gasteiger partial charge in [-0.2, -0.15) is 4.31 Å². The monoisotopic (exact) mass is 457 g/mol. The van der Waals surface area contributed by atoms with Crippen LogP contribution in [0.15, 0.2) is 47.4 Å². The summed E-state index contributed by atoms with van der Waals surface area (Å²) in [6.07, 6.45) is 1.64. The summed E-state index contributed by atoms with van der Waals surface area (Å²) in [5, 5.41) is 0. The van der Waals surface area contributed by atoms with Crippen molar-refractivity contribution in [3.05, 3.63) is 48.0 Å². The van der Waals surface area contributed by atoms with E-state index in [1.54, 1.807) is 18.2 Å². The van der Waals surface area contributed by atoms with Gasteiger partial charge in [-0.25, -0.2) is 8.42 Å². The molecule has 2 aromatic rings. The number of rotatable bonds is 4. The summed E-state index contributed by atoms with van der Waals surface area (Å²) < 4.78 is 39.1. The molecule has 0 unspecified atom stereocenters. The molecule has 0 spiro atoms. The Labute approximate surface area is 188 Å². The molecule has 0 N–H and O–H groups in total. The van der Waals surface area contributed by atoms with Crippen LogP contribution < -0.4 is 14.4 Å². The number of ether oxygens (including phenoxy) is 2. The lowest BCUT2D eigenvalue weighted by Crippen LogP contribution is -2.51. The highest BCUT2D eigenvalue weighted by Crippen LogP contribution is 2.33. The van der Waals surface area contributed by atoms with Crippen molar-refractivity contribution in [2.24, 2.45) is 0 Å². The largest absolute Gasteiger partial charge is 0.490 e. The molecule has 0 aromatic heterocycles. The van der Waals surface area contributed by atoms with Gasteiger partial charge in [-0.15, -0.1) is 0 Å². The first kappa shape index (κ1) is 21.2. The standard InChI is InChI=1S/C23H27N3O5S/c27-23(26-9-8-18-4-1-2-5-20(18)26)17-24-10-12-25(13-11-24)32(28,29)19-6-7-21-22(16-19)31-15-3-14-30-21/h1-2,4-7,16H,3,8-15,17H2. The van der Waals surface area contributed by atoms with E-state index in [4.69, 9.17) is 9.47 Å². The lowest BCUT2D eigenvalue weighted by molar-refractivity contribution is -0.119. The predicted molar refractivity (Wildman–Crippen MR) is 120 cm³/mol. The second kappa shape index (κ2) is 8.73. The Hall–Kier alpha value is -2.62. The molecule has 9 heteroatoms. The van der Waals surface area contributed by atoms with E-state index in [9.17, 15) is 13.2 Å². The Kier molecular flexibility index (Phi) is 5.79. The number of nitrogens with zero attached hydrogens (tertiary/aromatic N) is 3. The molecular weight excluding hydrogens is 430 g/mol. The lowest BCUT2D eigenvalue weighted by atomic mass is 10.2. The van der Waals surface area contributed by atoms with Crippen molar-refractivity contribution in [1.29, 1.82) is 0 Å². The summed E-state index contributed by atoms with van der Waals surface area (Å²) in [4.78, 5) is 17.0. The highest BCUT2D eigenvalue weighted by molar-refractivity contribution is 7.89. The zero-order chi connectivity index (χ0) is 22.1. The van der Waals surface area contributed by atoms with Gasteiger partial charge in [0.25, 0.3) is 0 Å². The molecule has 1 saturated heterocycles. The summed E-state index contributed by atoms with van der Waals surface area (Å²) in [5.41, 5.74) is 2.19. The van der Waals surface area contributed by atoms with Gasteiger partial charge in [0.1, 0.15) is 0 Å². The number of hydrogen-bond donors (Lipinski definition) is 0. The van der Waals surface area contributed by atoms with Gasteiger partial charge in [-0.1, -0.05) is 18.2 Å². The van der Waals surface area contributed by atoms with Crippen molar-refractivity contribution in [3.63, 3.8) is 0 Å². The van der Waals surface area contributed by atoms with Gasteiger partial charge in [-0.3, -0.25) is 9.69 Å². The maximum atomic E-state index is 13.2. The van der Waals surface area contributed by atoms with Crippen LogP contribution in [0.2, 0.25) is 0 Å². The van der Waals surface area contributed by atoms with Crippen LogP contribution >= 0.6 is 0 Å². The number of sulfonamides is 1. The fraction of sp³-hybridized carbons (Fsp3) is 0.435. The van der Waals surface area contributed by atoms with E-state index in [-0.39, 0.29) is 10.8 Å². The van der Waals surface area contributed by atoms with Crippen LogP contribution in [0, 0.1) is 0 Å². The molecule has 3 aliphatic rings. The second-order valence-electron chi connectivity index (χ2n) is 8.26. The average molecular weight is 458 g/mol. The van der Waals surface area contributed by atoms with Crippen molar-refractivity contribution >= 4 is 21.6 Å². The molecule has 32 heavy (non-hydrogen) atoms. The molecule has 2 aromatic carbocycles. The highest BCUT2D eigenvalue weighted by atomic mass is 32.2. The first-order chi connectivity index (χ1) is 15.5. The van der Waals surface area contributed by atoms with Crippen molar-refractivity contribution in [1.82, 2.24) is 9.21 Å². The van der Waals surface area contributed by atoms with Crippen LogP contribution in [0.1, 0.15) is 12.0 Å². The topological polar surface area (TPSA) is 79.4 Å². The van der Waals surface area contributed by atoms with Gasteiger partial charge in [0.15, 0.2) is 11.5 Å². The van der Waals surface area contributed by atoms with Gasteiger partial charge < -0.3 is 14.4 Å². The number of fused-ring (bicyclic) bond motifs is 2. The van der Waals surface area contributed by atoms with Crippen molar-refractivity contribution in [2.75, 3.05) is 57.4 Å². The Morgan fingerprint density at radius 2 is 1.66 bits per heavy atom. The number of hydrogen-bond acceptors (Lipinski definition) is 6. The third kappa shape index (κ3) is 4.07. The first-order valence-electron chi connectivity index (χ1n) is 11.0. The number of carbonyl (C=O) groups is 1. The normalized spacial score (nSPS) is 19.4. The van der Waals surface area contributed by atoms with E-state index in [2.05, 4.69) is 6.07 Å². The average Bonchev–Trinajstić information content (AvgIpc) is 3.10. The Morgan fingerprint density at radius 1 is 0.906 bits per heavy atom. The number of benzene rings is 2. The van der Waals surface area contributed by atoms with Crippen LogP contribution in [0.5, 0.6) is 11.5 Å². The van der Waals surface area contributed by atoms with E-state index in [0.29, 0.717) is 64.0 Å². The lowest BCUT2D eigenvalue weighted by Gasteiger charge is -2.34. The van der Waals surface area contributed by atoms with E-state index in [1.165, 1.54) is 9.87 Å². The Morgan fingerprint density at radius 3 is 2.47 bits per heavy atom. The van der Waals surface area contributed by atoms with Gasteiger partial charge in [-0.05, 0) is 30.2 Å². The Bertz CT molecular complexity index is 1110. The zero-order valence-electron chi connectivity index (χ0n) is 17.9. The summed E-state index contributed by atoms with van der Waals surface area (Å²) in [7, 11) is -3.64. The zero-order valence-corrected chi connectivity index (χ0v) is 18.7. The minimum Gasteiger partial charge on any atom is -0.490 e. The quantitative estimate of drug-likeness (QED) is 0.696. The van der Waals surface area contributed by atoms with E-state index < -0.39 is 10.0 Å². The molecule has 0 radical (unpaired) electrons. The maximum Gasteiger partial charge on any atom is 0.243 e. The smallest absolute Gasteiger partial charge is 0.243 e. The highest BCUT2D eigenvalue weighted by Gasteiger charge is 2.31. The summed E-state index contributed by atoms with van der Waals surface area (Å²) >= 11 is 0. The molecule has 3 aliphatic heterocycles. The maximum absolute atomic E-state index is 13.2. The van der Waals surface area contributed by atoms with Gasteiger partial charge >= 0.3 is 0 Å². The molecule has 0 atom stereocenters. The minimum atomic E-state index is -3.64. The number of para-hydroxylation sites is 1. The van der Waals surface area contributed by atoms with Crippen LogP contribution in [-0.4, -0.2) is 76.0 Å². The van der Waals surface area contributed by atoms with Gasteiger partial charge in [0.05, 0.1) is 24.7 Å². The fourth-order valence-electron chi connectivity index (χ4n) is 4.46. The Balaban J connectivity index is 1.21. The van der Waals surface area contributed by atoms with E-state index in [1.807, 2.05) is 28.0 Å². The van der Waals surface area contributed by atoms with Crippen LogP contribution in [-0.2, 0) is 21.2 Å². The first-order valence-corrected chi connectivity index (χ1v) is 12.5. The summed E-state index contributed by atoms with van der Waals surface area (Å²) in [5.74, 6) is 1.11. The fourth-order valence-corrected chi connectivity index (χ4v) is 5.89. The van der Waals surface area contributed by atoms with Crippen LogP contribution in [0.4, 0.5) is 5.69 Å². The summed E-state index contributed by atoms with van der Waals surface area (Å²) in [6.45, 7) is 3.80. The van der Waals surface area contributed by atoms with Gasteiger partial charge in [0.2, 0.25) is 15.9 Å². The molecule has 3 heterocycles. The van der Waals surface area contributed by atoms with Crippen molar-refractivity contribution in [3.8, 4) is 11.5 Å². The molecule has 0 saturated carbocycles. The van der Waals surface area contributed by atoms with Crippen molar-refractivity contribution < 1.29 is 22.7 Å². The molecule has 1 fully saturated rings. The molecule has 1 amide bonds. The number of amides is 1. The molecular formula is C23H27N3O5S. The van der Waals surface area contributed by atoms with E-state index >= 15 is 0 Å². The molecule has 8 nitrogen and oxygen atoms in total.